The molecule has 0 aliphatic heterocycles. The average molecular weight is 291 g/mol. The molecule has 0 aliphatic carbocycles. The van der Waals surface area contributed by atoms with E-state index in [2.05, 4.69) is 24.1 Å². The fourth-order valence-corrected chi connectivity index (χ4v) is 1.90. The van der Waals surface area contributed by atoms with Gasteiger partial charge in [-0.15, -0.1) is 0 Å². The number of nitrogens with one attached hydrogen (secondary N) is 1. The first-order valence-electron chi connectivity index (χ1n) is 6.68. The third-order valence-corrected chi connectivity index (χ3v) is 3.22. The molecule has 2 rings (SSSR count). The number of aryl methyl sites for hydroxylation is 1. The summed E-state index contributed by atoms with van der Waals surface area (Å²) in [5.74, 6) is 1.37. The van der Waals surface area contributed by atoms with E-state index in [-0.39, 0.29) is 0 Å². The van der Waals surface area contributed by atoms with Gasteiger partial charge in [0.15, 0.2) is 0 Å². The van der Waals surface area contributed by atoms with Crippen molar-refractivity contribution in [2.75, 3.05) is 0 Å². The summed E-state index contributed by atoms with van der Waals surface area (Å²) in [6.45, 7) is 6.80. The van der Waals surface area contributed by atoms with Crippen molar-refractivity contribution in [1.82, 2.24) is 10.3 Å². The summed E-state index contributed by atoms with van der Waals surface area (Å²) in [4.78, 5) is 4.46. The van der Waals surface area contributed by atoms with Crippen LogP contribution >= 0.6 is 11.6 Å². The van der Waals surface area contributed by atoms with Gasteiger partial charge < -0.3 is 10.1 Å². The van der Waals surface area contributed by atoms with E-state index in [0.29, 0.717) is 23.5 Å². The normalized spacial score (nSPS) is 10.8. The molecule has 0 bridgehead atoms. The molecular formula is C16H19ClN2O. The highest BCUT2D eigenvalue weighted by Crippen LogP contribution is 2.25. The summed E-state index contributed by atoms with van der Waals surface area (Å²) in [6, 6.07) is 11.8. The van der Waals surface area contributed by atoms with Gasteiger partial charge in [0.2, 0.25) is 5.88 Å². The second-order valence-corrected chi connectivity index (χ2v) is 5.39. The van der Waals surface area contributed by atoms with Gasteiger partial charge in [-0.1, -0.05) is 43.6 Å². The number of rotatable bonds is 5. The van der Waals surface area contributed by atoms with Gasteiger partial charge in [0.05, 0.1) is 10.7 Å². The molecule has 1 aromatic heterocycles. The fourth-order valence-electron chi connectivity index (χ4n) is 1.73. The van der Waals surface area contributed by atoms with Crippen LogP contribution in [0.25, 0.3) is 0 Å². The molecule has 0 spiro atoms. The zero-order valence-electron chi connectivity index (χ0n) is 12.0. The molecule has 0 saturated carbocycles. The Labute approximate surface area is 124 Å². The van der Waals surface area contributed by atoms with Crippen molar-refractivity contribution < 1.29 is 4.74 Å². The standard InChI is InChI=1S/C16H19ClN2O/c1-11(2)18-10-14-13(17)8-9-16(19-14)20-15-7-5-4-6-12(15)3/h4-9,11,18H,10H2,1-3H3. The molecule has 106 valence electrons. The molecule has 1 N–H and O–H groups in total. The van der Waals surface area contributed by atoms with E-state index >= 15 is 0 Å². The summed E-state index contributed by atoms with van der Waals surface area (Å²) in [5.41, 5.74) is 1.87. The van der Waals surface area contributed by atoms with Crippen molar-refractivity contribution in [2.45, 2.75) is 33.4 Å². The number of hydrogen-bond acceptors (Lipinski definition) is 3. The van der Waals surface area contributed by atoms with Crippen LogP contribution in [-0.2, 0) is 6.54 Å². The molecule has 1 heterocycles. The smallest absolute Gasteiger partial charge is 0.219 e. The van der Waals surface area contributed by atoms with E-state index in [1.54, 1.807) is 6.07 Å². The zero-order chi connectivity index (χ0) is 14.5. The first kappa shape index (κ1) is 14.8. The van der Waals surface area contributed by atoms with Crippen molar-refractivity contribution in [3.8, 4) is 11.6 Å². The maximum absolute atomic E-state index is 6.16. The first-order chi connectivity index (χ1) is 9.56. The maximum atomic E-state index is 6.16. The highest BCUT2D eigenvalue weighted by molar-refractivity contribution is 6.31. The highest BCUT2D eigenvalue weighted by Gasteiger charge is 2.07. The number of aromatic nitrogens is 1. The third kappa shape index (κ3) is 3.95. The molecule has 0 unspecified atom stereocenters. The van der Waals surface area contributed by atoms with Crippen molar-refractivity contribution >= 4 is 11.6 Å². The third-order valence-electron chi connectivity index (χ3n) is 2.88. The van der Waals surface area contributed by atoms with Crippen molar-refractivity contribution in [1.29, 1.82) is 0 Å². The van der Waals surface area contributed by atoms with Crippen LogP contribution in [0.5, 0.6) is 11.6 Å². The monoisotopic (exact) mass is 290 g/mol. The number of pyridine rings is 1. The Balaban J connectivity index is 2.17. The Bertz CT molecular complexity index is 584. The number of ether oxygens (including phenoxy) is 1. The Morgan fingerprint density at radius 2 is 1.95 bits per heavy atom. The lowest BCUT2D eigenvalue weighted by atomic mass is 10.2. The number of hydrogen-bond donors (Lipinski definition) is 1. The number of para-hydroxylation sites is 1. The number of nitrogens with zero attached hydrogens (tertiary/aromatic N) is 1. The van der Waals surface area contributed by atoms with Crippen molar-refractivity contribution in [2.24, 2.45) is 0 Å². The first-order valence-corrected chi connectivity index (χ1v) is 7.06. The fraction of sp³-hybridized carbons (Fsp3) is 0.312. The molecule has 0 saturated heterocycles. The van der Waals surface area contributed by atoms with E-state index in [1.165, 1.54) is 0 Å². The Morgan fingerprint density at radius 3 is 2.65 bits per heavy atom. The van der Waals surface area contributed by atoms with Crippen LogP contribution in [0.2, 0.25) is 5.02 Å². The Kier molecular flexibility index (Phi) is 4.99. The van der Waals surface area contributed by atoms with Gasteiger partial charge in [0, 0.05) is 18.7 Å². The molecule has 1 aromatic carbocycles. The number of halogens is 1. The summed E-state index contributed by atoms with van der Waals surface area (Å²) in [6.07, 6.45) is 0. The van der Waals surface area contributed by atoms with Crippen molar-refractivity contribution in [3.05, 3.63) is 52.7 Å². The highest BCUT2D eigenvalue weighted by atomic mass is 35.5. The van der Waals surface area contributed by atoms with E-state index in [9.17, 15) is 0 Å². The van der Waals surface area contributed by atoms with Gasteiger partial charge in [0.25, 0.3) is 0 Å². The lowest BCUT2D eigenvalue weighted by molar-refractivity contribution is 0.455. The van der Waals surface area contributed by atoms with Gasteiger partial charge in [-0.2, -0.15) is 0 Å². The topological polar surface area (TPSA) is 34.1 Å². The van der Waals surface area contributed by atoms with Crippen molar-refractivity contribution in [3.63, 3.8) is 0 Å². The van der Waals surface area contributed by atoms with Gasteiger partial charge in [-0.25, -0.2) is 4.98 Å². The summed E-state index contributed by atoms with van der Waals surface area (Å²) >= 11 is 6.16. The number of benzene rings is 1. The molecule has 0 aliphatic rings. The molecule has 0 atom stereocenters. The largest absolute Gasteiger partial charge is 0.439 e. The Morgan fingerprint density at radius 1 is 1.20 bits per heavy atom. The quantitative estimate of drug-likeness (QED) is 0.890. The molecule has 4 heteroatoms. The van der Waals surface area contributed by atoms with E-state index in [4.69, 9.17) is 16.3 Å². The molecule has 2 aromatic rings. The van der Waals surface area contributed by atoms with Crippen LogP contribution in [0.3, 0.4) is 0 Å². The molecular weight excluding hydrogens is 272 g/mol. The second kappa shape index (κ2) is 6.73. The van der Waals surface area contributed by atoms with Crippen LogP contribution in [0, 0.1) is 6.92 Å². The molecule has 0 fully saturated rings. The summed E-state index contributed by atoms with van der Waals surface area (Å²) in [5, 5.41) is 3.95. The van der Waals surface area contributed by atoms with E-state index < -0.39 is 0 Å². The lowest BCUT2D eigenvalue weighted by Crippen LogP contribution is -2.22. The van der Waals surface area contributed by atoms with Crippen LogP contribution in [0.4, 0.5) is 0 Å². The van der Waals surface area contributed by atoms with Gasteiger partial charge >= 0.3 is 0 Å². The van der Waals surface area contributed by atoms with Gasteiger partial charge in [-0.3, -0.25) is 0 Å². The molecule has 20 heavy (non-hydrogen) atoms. The second-order valence-electron chi connectivity index (χ2n) is 4.98. The molecule has 0 amide bonds. The predicted octanol–water partition coefficient (Wildman–Crippen LogP) is 4.33. The summed E-state index contributed by atoms with van der Waals surface area (Å²) in [7, 11) is 0. The SMILES string of the molecule is Cc1ccccc1Oc1ccc(Cl)c(CNC(C)C)n1. The van der Waals surface area contributed by atoms with Gasteiger partial charge in [-0.05, 0) is 24.6 Å². The minimum absolute atomic E-state index is 0.383. The maximum Gasteiger partial charge on any atom is 0.219 e. The van der Waals surface area contributed by atoms with Crippen LogP contribution < -0.4 is 10.1 Å². The zero-order valence-corrected chi connectivity index (χ0v) is 12.7. The molecule has 3 nitrogen and oxygen atoms in total. The average Bonchev–Trinajstić information content (AvgIpc) is 2.42. The lowest BCUT2D eigenvalue weighted by Gasteiger charge is -2.11. The predicted molar refractivity (Wildman–Crippen MR) is 82.5 cm³/mol. The summed E-state index contributed by atoms with van der Waals surface area (Å²) < 4.78 is 5.81. The van der Waals surface area contributed by atoms with E-state index in [1.807, 2.05) is 37.3 Å². The van der Waals surface area contributed by atoms with E-state index in [0.717, 1.165) is 17.0 Å². The minimum atomic E-state index is 0.383. The minimum Gasteiger partial charge on any atom is -0.439 e. The van der Waals surface area contributed by atoms with Crippen LogP contribution in [0.15, 0.2) is 36.4 Å². The van der Waals surface area contributed by atoms with Crippen LogP contribution in [-0.4, -0.2) is 11.0 Å². The molecule has 0 radical (unpaired) electrons. The Hall–Kier alpha value is -1.58. The van der Waals surface area contributed by atoms with Gasteiger partial charge in [0.1, 0.15) is 5.75 Å². The van der Waals surface area contributed by atoms with Crippen LogP contribution in [0.1, 0.15) is 25.1 Å².